The summed E-state index contributed by atoms with van der Waals surface area (Å²) >= 11 is 0. The van der Waals surface area contributed by atoms with Crippen molar-refractivity contribution in [2.45, 2.75) is 19.9 Å². The summed E-state index contributed by atoms with van der Waals surface area (Å²) in [7, 11) is 0. The van der Waals surface area contributed by atoms with Gasteiger partial charge in [0.25, 0.3) is 0 Å². The van der Waals surface area contributed by atoms with Gasteiger partial charge >= 0.3 is 6.03 Å². The smallest absolute Gasteiger partial charge is 0.320 e. The third kappa shape index (κ3) is 3.77. The van der Waals surface area contributed by atoms with E-state index in [4.69, 9.17) is 15.7 Å². The van der Waals surface area contributed by atoms with Crippen molar-refractivity contribution in [3.8, 4) is 0 Å². The Kier molecular flexibility index (Phi) is 5.02. The van der Waals surface area contributed by atoms with Gasteiger partial charge in [0, 0.05) is 19.1 Å². The standard InChI is InChI=1S/C10H20N4O3/c1-8(2)14(7-9(11)12-16)10(15)13-3-5-17-6-4-13/h8,16H,3-7H2,1-2H3,(H2,11,12). The first-order chi connectivity index (χ1) is 8.06. The molecular weight excluding hydrogens is 224 g/mol. The number of oxime groups is 1. The minimum absolute atomic E-state index is 0.00866. The third-order valence-corrected chi connectivity index (χ3v) is 2.61. The Labute approximate surface area is 101 Å². The van der Waals surface area contributed by atoms with Gasteiger partial charge in [-0.25, -0.2) is 4.79 Å². The summed E-state index contributed by atoms with van der Waals surface area (Å²) in [5.74, 6) is 0.0281. The highest BCUT2D eigenvalue weighted by atomic mass is 16.5. The molecule has 0 aromatic carbocycles. The van der Waals surface area contributed by atoms with Crippen LogP contribution < -0.4 is 5.73 Å². The van der Waals surface area contributed by atoms with Gasteiger partial charge in [-0.05, 0) is 13.8 Å². The molecule has 0 bridgehead atoms. The highest BCUT2D eigenvalue weighted by Gasteiger charge is 2.25. The van der Waals surface area contributed by atoms with Crippen LogP contribution in [0.1, 0.15) is 13.8 Å². The van der Waals surface area contributed by atoms with Crippen molar-refractivity contribution in [2.24, 2.45) is 10.9 Å². The molecule has 3 N–H and O–H groups in total. The molecule has 1 aliphatic rings. The number of nitrogens with zero attached hydrogens (tertiary/aromatic N) is 3. The lowest BCUT2D eigenvalue weighted by Gasteiger charge is -2.34. The Morgan fingerprint density at radius 1 is 1.53 bits per heavy atom. The summed E-state index contributed by atoms with van der Waals surface area (Å²) in [6.45, 7) is 6.19. The second kappa shape index (κ2) is 6.29. The maximum Gasteiger partial charge on any atom is 0.320 e. The molecule has 0 unspecified atom stereocenters. The summed E-state index contributed by atoms with van der Waals surface area (Å²) < 4.78 is 5.19. The lowest BCUT2D eigenvalue weighted by molar-refractivity contribution is 0.0421. The van der Waals surface area contributed by atoms with Crippen LogP contribution >= 0.6 is 0 Å². The van der Waals surface area contributed by atoms with Gasteiger partial charge in [0.05, 0.1) is 19.8 Å². The highest BCUT2D eigenvalue weighted by molar-refractivity contribution is 5.86. The summed E-state index contributed by atoms with van der Waals surface area (Å²) in [6, 6.07) is -0.111. The van der Waals surface area contributed by atoms with Crippen LogP contribution in [0.25, 0.3) is 0 Å². The van der Waals surface area contributed by atoms with Crippen LogP contribution in [0.15, 0.2) is 5.16 Å². The first kappa shape index (κ1) is 13.6. The molecule has 1 rings (SSSR count). The molecule has 1 fully saturated rings. The number of amides is 2. The fourth-order valence-electron chi connectivity index (χ4n) is 1.61. The SMILES string of the molecule is CC(C)N(CC(N)=NO)C(=O)N1CCOCC1. The number of hydrogen-bond acceptors (Lipinski definition) is 4. The predicted molar refractivity (Wildman–Crippen MR) is 63.0 cm³/mol. The van der Waals surface area contributed by atoms with E-state index in [0.717, 1.165) is 0 Å². The van der Waals surface area contributed by atoms with E-state index in [0.29, 0.717) is 26.3 Å². The summed E-state index contributed by atoms with van der Waals surface area (Å²) in [4.78, 5) is 15.5. The molecule has 0 spiro atoms. The Morgan fingerprint density at radius 3 is 2.59 bits per heavy atom. The average Bonchev–Trinajstić information content (AvgIpc) is 2.35. The molecule has 7 heteroatoms. The molecule has 1 saturated heterocycles. The van der Waals surface area contributed by atoms with Crippen LogP contribution in [0.3, 0.4) is 0 Å². The largest absolute Gasteiger partial charge is 0.409 e. The number of ether oxygens (including phenoxy) is 1. The molecule has 17 heavy (non-hydrogen) atoms. The zero-order chi connectivity index (χ0) is 12.8. The Hall–Kier alpha value is -1.50. The Morgan fingerprint density at radius 2 is 2.12 bits per heavy atom. The third-order valence-electron chi connectivity index (χ3n) is 2.61. The van der Waals surface area contributed by atoms with Gasteiger partial charge < -0.3 is 25.5 Å². The number of carbonyl (C=O) groups excluding carboxylic acids is 1. The summed E-state index contributed by atoms with van der Waals surface area (Å²) in [6.07, 6.45) is 0. The monoisotopic (exact) mass is 244 g/mol. The minimum Gasteiger partial charge on any atom is -0.409 e. The molecule has 0 aromatic heterocycles. The molecule has 0 aliphatic carbocycles. The Balaban J connectivity index is 2.65. The second-order valence-corrected chi connectivity index (χ2v) is 4.19. The van der Waals surface area contributed by atoms with E-state index >= 15 is 0 Å². The predicted octanol–water partition coefficient (Wildman–Crippen LogP) is -0.105. The summed E-state index contributed by atoms with van der Waals surface area (Å²) in [5, 5.41) is 11.4. The van der Waals surface area contributed by atoms with E-state index in [1.807, 2.05) is 13.8 Å². The van der Waals surface area contributed by atoms with Gasteiger partial charge in [-0.1, -0.05) is 5.16 Å². The topological polar surface area (TPSA) is 91.4 Å². The first-order valence-electron chi connectivity index (χ1n) is 5.66. The second-order valence-electron chi connectivity index (χ2n) is 4.19. The van der Waals surface area contributed by atoms with Crippen molar-refractivity contribution in [3.05, 3.63) is 0 Å². The zero-order valence-corrected chi connectivity index (χ0v) is 10.3. The van der Waals surface area contributed by atoms with Crippen molar-refractivity contribution >= 4 is 11.9 Å². The van der Waals surface area contributed by atoms with Crippen molar-refractivity contribution in [2.75, 3.05) is 32.8 Å². The number of hydrogen-bond donors (Lipinski definition) is 2. The number of morpholine rings is 1. The molecule has 0 aromatic rings. The van der Waals surface area contributed by atoms with Crippen molar-refractivity contribution in [1.29, 1.82) is 0 Å². The van der Waals surface area contributed by atoms with E-state index in [9.17, 15) is 4.79 Å². The molecule has 1 heterocycles. The maximum absolute atomic E-state index is 12.2. The zero-order valence-electron chi connectivity index (χ0n) is 10.3. The van der Waals surface area contributed by atoms with E-state index in [-0.39, 0.29) is 24.5 Å². The molecule has 0 atom stereocenters. The number of carbonyl (C=O) groups is 1. The van der Waals surface area contributed by atoms with Gasteiger partial charge in [-0.2, -0.15) is 0 Å². The lowest BCUT2D eigenvalue weighted by Crippen LogP contribution is -2.52. The van der Waals surface area contributed by atoms with E-state index in [1.165, 1.54) is 0 Å². The van der Waals surface area contributed by atoms with Crippen LogP contribution in [0.5, 0.6) is 0 Å². The highest BCUT2D eigenvalue weighted by Crippen LogP contribution is 2.07. The van der Waals surface area contributed by atoms with Crippen LogP contribution in [0, 0.1) is 0 Å². The maximum atomic E-state index is 12.2. The number of urea groups is 1. The van der Waals surface area contributed by atoms with E-state index < -0.39 is 0 Å². The fraction of sp³-hybridized carbons (Fsp3) is 0.800. The van der Waals surface area contributed by atoms with Crippen molar-refractivity contribution in [1.82, 2.24) is 9.80 Å². The minimum atomic E-state index is -0.102. The van der Waals surface area contributed by atoms with Crippen LogP contribution in [0.2, 0.25) is 0 Å². The molecule has 2 amide bonds. The number of amidine groups is 1. The van der Waals surface area contributed by atoms with Crippen LogP contribution in [0.4, 0.5) is 4.79 Å². The van der Waals surface area contributed by atoms with Crippen LogP contribution in [-0.2, 0) is 4.74 Å². The van der Waals surface area contributed by atoms with Crippen LogP contribution in [-0.4, -0.2) is 65.8 Å². The quantitative estimate of drug-likeness (QED) is 0.314. The molecule has 7 nitrogen and oxygen atoms in total. The molecular formula is C10H20N4O3. The molecule has 1 aliphatic heterocycles. The van der Waals surface area contributed by atoms with Gasteiger partial charge in [0.15, 0.2) is 5.84 Å². The number of nitrogens with two attached hydrogens (primary N) is 1. The molecule has 0 saturated carbocycles. The first-order valence-corrected chi connectivity index (χ1v) is 5.66. The fourth-order valence-corrected chi connectivity index (χ4v) is 1.61. The van der Waals surface area contributed by atoms with E-state index in [2.05, 4.69) is 5.16 Å². The number of rotatable bonds is 3. The van der Waals surface area contributed by atoms with E-state index in [1.54, 1.807) is 9.80 Å². The normalized spacial score (nSPS) is 17.4. The Bertz CT molecular complexity index is 287. The van der Waals surface area contributed by atoms with Gasteiger partial charge in [-0.15, -0.1) is 0 Å². The molecule has 0 radical (unpaired) electrons. The average molecular weight is 244 g/mol. The van der Waals surface area contributed by atoms with Gasteiger partial charge in [-0.3, -0.25) is 0 Å². The summed E-state index contributed by atoms with van der Waals surface area (Å²) in [5.41, 5.74) is 5.44. The lowest BCUT2D eigenvalue weighted by atomic mass is 10.3. The van der Waals surface area contributed by atoms with Gasteiger partial charge in [0.1, 0.15) is 0 Å². The molecule has 98 valence electrons. The van der Waals surface area contributed by atoms with Crippen molar-refractivity contribution in [3.63, 3.8) is 0 Å². The van der Waals surface area contributed by atoms with Crippen molar-refractivity contribution < 1.29 is 14.7 Å². The van der Waals surface area contributed by atoms with Gasteiger partial charge in [0.2, 0.25) is 0 Å².